The van der Waals surface area contributed by atoms with E-state index in [0.29, 0.717) is 6.54 Å². The summed E-state index contributed by atoms with van der Waals surface area (Å²) in [6.45, 7) is 5.89. The summed E-state index contributed by atoms with van der Waals surface area (Å²) < 4.78 is 5.50. The Morgan fingerprint density at radius 3 is 2.64 bits per heavy atom. The van der Waals surface area contributed by atoms with Crippen molar-refractivity contribution in [2.45, 2.75) is 58.7 Å². The fourth-order valence-corrected chi connectivity index (χ4v) is 5.41. The molecule has 0 aliphatic heterocycles. The van der Waals surface area contributed by atoms with Gasteiger partial charge in [0.2, 0.25) is 0 Å². The van der Waals surface area contributed by atoms with Gasteiger partial charge in [-0.2, -0.15) is 0 Å². The van der Waals surface area contributed by atoms with Crippen LogP contribution in [0.15, 0.2) is 71.9 Å². The van der Waals surface area contributed by atoms with Gasteiger partial charge in [-0.05, 0) is 42.0 Å². The van der Waals surface area contributed by atoms with Crippen molar-refractivity contribution in [3.8, 4) is 0 Å². The molecule has 0 saturated heterocycles. The first-order valence-corrected chi connectivity index (χ1v) is 14.1. The largest absolute Gasteiger partial charge is 0.449 e. The highest BCUT2D eigenvalue weighted by molar-refractivity contribution is 6.39. The summed E-state index contributed by atoms with van der Waals surface area (Å²) in [5.74, 6) is 0.396. The summed E-state index contributed by atoms with van der Waals surface area (Å²) in [6.07, 6.45) is 12.0. The van der Waals surface area contributed by atoms with Crippen LogP contribution in [-0.2, 0) is 25.9 Å². The molecular weight excluding hydrogens is 533 g/mol. The Labute approximate surface area is 239 Å². The third-order valence-electron chi connectivity index (χ3n) is 6.61. The highest BCUT2D eigenvalue weighted by Crippen LogP contribution is 2.34. The molecule has 7 nitrogen and oxygen atoms in total. The van der Waals surface area contributed by atoms with Crippen LogP contribution in [0.25, 0.3) is 0 Å². The third-order valence-corrected chi connectivity index (χ3v) is 7.19. The molecule has 1 aromatic carbocycles. The van der Waals surface area contributed by atoms with Gasteiger partial charge in [-0.1, -0.05) is 67.4 Å². The number of rotatable bonds is 9. The molecule has 204 valence electrons. The van der Waals surface area contributed by atoms with Crippen molar-refractivity contribution in [1.29, 1.82) is 0 Å². The van der Waals surface area contributed by atoms with Gasteiger partial charge in [0.25, 0.3) is 5.91 Å². The fraction of sp³-hybridized carbons (Fsp3) is 0.333. The predicted octanol–water partition coefficient (Wildman–Crippen LogP) is 6.85. The van der Waals surface area contributed by atoms with Crippen molar-refractivity contribution in [3.05, 3.63) is 111 Å². The number of benzene rings is 1. The van der Waals surface area contributed by atoms with E-state index in [1.807, 2.05) is 38.2 Å². The molecule has 0 bridgehead atoms. The number of fused-ring (bicyclic) bond motifs is 1. The van der Waals surface area contributed by atoms with Crippen molar-refractivity contribution in [1.82, 2.24) is 25.2 Å². The Kier molecular flexibility index (Phi) is 10.5. The zero-order valence-electron chi connectivity index (χ0n) is 22.2. The smallest absolute Gasteiger partial charge is 0.254 e. The number of carbonyl (C=O) groups excluding carboxylic acids is 1. The van der Waals surface area contributed by atoms with Gasteiger partial charge >= 0.3 is 0 Å². The van der Waals surface area contributed by atoms with E-state index in [0.717, 1.165) is 61.5 Å². The van der Waals surface area contributed by atoms with Crippen molar-refractivity contribution < 1.29 is 9.21 Å². The molecule has 5 rings (SSSR count). The second-order valence-electron chi connectivity index (χ2n) is 9.08. The quantitative estimate of drug-likeness (QED) is 0.239. The van der Waals surface area contributed by atoms with Crippen LogP contribution in [-0.4, -0.2) is 32.3 Å². The van der Waals surface area contributed by atoms with Crippen LogP contribution in [0.5, 0.6) is 0 Å². The van der Waals surface area contributed by atoms with Crippen LogP contribution in [0.2, 0.25) is 10.0 Å². The number of nitrogens with zero attached hydrogens (tertiary/aromatic N) is 4. The second-order valence-corrected chi connectivity index (χ2v) is 9.90. The first-order chi connectivity index (χ1) is 19.1. The van der Waals surface area contributed by atoms with Crippen LogP contribution in [0.4, 0.5) is 0 Å². The number of hydrogen-bond acceptors (Lipinski definition) is 6. The summed E-state index contributed by atoms with van der Waals surface area (Å²) in [5.41, 5.74) is 4.86. The number of halogens is 2. The maximum atomic E-state index is 12.7. The van der Waals surface area contributed by atoms with Crippen LogP contribution in [0, 0.1) is 0 Å². The first-order valence-electron chi connectivity index (χ1n) is 13.3. The normalized spacial score (nSPS) is 14.3. The highest BCUT2D eigenvalue weighted by atomic mass is 35.5. The Hall–Kier alpha value is -3.26. The molecule has 3 heterocycles. The van der Waals surface area contributed by atoms with Crippen LogP contribution in [0.3, 0.4) is 0 Å². The fourth-order valence-electron chi connectivity index (χ4n) is 4.87. The number of hydrogen-bond donors (Lipinski definition) is 1. The standard InChI is InChI=1S/C28H27Cl2N5O2.C2H6/c29-22-16-31-17-23(30)26(22)28(36)34-15-19-4-1-5-20(14-19)18-35(12-9-25-32-11-13-37-25)24-8-2-6-21-7-3-10-33-27(21)24;1-2/h1,3-5,7,10-11,13-14,16-17,24H,2,6,8-9,12,15,18H2,(H,34,36);1-2H3. The maximum Gasteiger partial charge on any atom is 0.254 e. The lowest BCUT2D eigenvalue weighted by Crippen LogP contribution is -2.33. The van der Waals surface area contributed by atoms with Crippen molar-refractivity contribution in [2.24, 2.45) is 0 Å². The van der Waals surface area contributed by atoms with E-state index in [-0.39, 0.29) is 27.6 Å². The number of carbonyl (C=O) groups is 1. The first kappa shape index (κ1) is 28.7. The van der Waals surface area contributed by atoms with E-state index in [1.54, 1.807) is 12.5 Å². The Morgan fingerprint density at radius 2 is 1.87 bits per heavy atom. The summed E-state index contributed by atoms with van der Waals surface area (Å²) in [4.78, 5) is 28.1. The molecule has 9 heteroatoms. The van der Waals surface area contributed by atoms with Crippen LogP contribution >= 0.6 is 23.2 Å². The van der Waals surface area contributed by atoms with Gasteiger partial charge in [-0.15, -0.1) is 0 Å². The number of oxazole rings is 1. The molecule has 1 N–H and O–H groups in total. The monoisotopic (exact) mass is 565 g/mol. The average Bonchev–Trinajstić information content (AvgIpc) is 3.49. The molecule has 39 heavy (non-hydrogen) atoms. The van der Waals surface area contributed by atoms with E-state index in [9.17, 15) is 4.79 Å². The van der Waals surface area contributed by atoms with Gasteiger partial charge in [0.05, 0.1) is 33.5 Å². The molecule has 3 aromatic heterocycles. The predicted molar refractivity (Wildman–Crippen MR) is 154 cm³/mol. The van der Waals surface area contributed by atoms with Gasteiger partial charge in [0, 0.05) is 44.6 Å². The van der Waals surface area contributed by atoms with E-state index in [4.69, 9.17) is 32.6 Å². The maximum absolute atomic E-state index is 12.7. The summed E-state index contributed by atoms with van der Waals surface area (Å²) in [5, 5.41) is 3.37. The molecule has 4 aromatic rings. The molecule has 0 radical (unpaired) electrons. The van der Waals surface area contributed by atoms with Gasteiger partial charge in [-0.25, -0.2) is 4.98 Å². The minimum Gasteiger partial charge on any atom is -0.449 e. The Bertz CT molecular complexity index is 1340. The number of aromatic nitrogens is 3. The third kappa shape index (κ3) is 7.44. The minimum atomic E-state index is -0.333. The molecule has 0 spiro atoms. The summed E-state index contributed by atoms with van der Waals surface area (Å²) >= 11 is 12.3. The zero-order chi connectivity index (χ0) is 27.6. The molecule has 1 aliphatic carbocycles. The molecule has 1 unspecified atom stereocenters. The number of amides is 1. The van der Waals surface area contributed by atoms with E-state index in [2.05, 4.69) is 38.4 Å². The molecule has 1 atom stereocenters. The molecular formula is C30H33Cl2N5O2. The van der Waals surface area contributed by atoms with Gasteiger partial charge < -0.3 is 9.73 Å². The van der Waals surface area contributed by atoms with Crippen molar-refractivity contribution in [3.63, 3.8) is 0 Å². The Morgan fingerprint density at radius 1 is 1.08 bits per heavy atom. The molecule has 1 amide bonds. The van der Waals surface area contributed by atoms with Crippen LogP contribution < -0.4 is 5.32 Å². The lowest BCUT2D eigenvalue weighted by molar-refractivity contribution is 0.0951. The topological polar surface area (TPSA) is 84.2 Å². The lowest BCUT2D eigenvalue weighted by atomic mass is 9.90. The SMILES string of the molecule is CC.O=C(NCc1cccc(CN(CCc2ncco2)C2CCCc3cccnc32)c1)c1c(Cl)cncc1Cl. The summed E-state index contributed by atoms with van der Waals surface area (Å²) in [6, 6.07) is 12.7. The lowest BCUT2D eigenvalue weighted by Gasteiger charge is -2.35. The zero-order valence-corrected chi connectivity index (χ0v) is 23.8. The van der Waals surface area contributed by atoms with Gasteiger partial charge in [0.1, 0.15) is 6.26 Å². The van der Waals surface area contributed by atoms with Gasteiger partial charge in [-0.3, -0.25) is 19.7 Å². The van der Waals surface area contributed by atoms with Crippen LogP contribution in [0.1, 0.15) is 71.4 Å². The molecule has 0 saturated carbocycles. The highest BCUT2D eigenvalue weighted by Gasteiger charge is 2.27. The Balaban J connectivity index is 0.00000172. The summed E-state index contributed by atoms with van der Waals surface area (Å²) in [7, 11) is 0. The molecule has 0 fully saturated rings. The van der Waals surface area contributed by atoms with E-state index < -0.39 is 0 Å². The average molecular weight is 567 g/mol. The minimum absolute atomic E-state index is 0.222. The van der Waals surface area contributed by atoms with E-state index >= 15 is 0 Å². The van der Waals surface area contributed by atoms with Crippen molar-refractivity contribution >= 4 is 29.1 Å². The number of nitrogens with one attached hydrogen (secondary N) is 1. The number of aryl methyl sites for hydroxylation is 1. The molecule has 1 aliphatic rings. The van der Waals surface area contributed by atoms with Gasteiger partial charge in [0.15, 0.2) is 5.89 Å². The van der Waals surface area contributed by atoms with Crippen molar-refractivity contribution in [2.75, 3.05) is 6.54 Å². The second kappa shape index (κ2) is 14.2. The van der Waals surface area contributed by atoms with E-state index in [1.165, 1.54) is 18.0 Å². The number of pyridine rings is 2.